The Labute approximate surface area is 109 Å². The van der Waals surface area contributed by atoms with Crippen molar-refractivity contribution < 1.29 is 4.74 Å². The minimum absolute atomic E-state index is 0.299. The van der Waals surface area contributed by atoms with E-state index in [0.717, 1.165) is 32.8 Å². The molecule has 0 bridgehead atoms. The van der Waals surface area contributed by atoms with Crippen molar-refractivity contribution in [2.75, 3.05) is 33.3 Å². The van der Waals surface area contributed by atoms with Gasteiger partial charge in [-0.3, -0.25) is 4.68 Å². The Bertz CT molecular complexity index is 366. The molecule has 0 aromatic carbocycles. The average molecular weight is 252 g/mol. The Morgan fingerprint density at radius 1 is 1.61 bits per heavy atom. The highest BCUT2D eigenvalue weighted by molar-refractivity contribution is 5.09. The van der Waals surface area contributed by atoms with Crippen molar-refractivity contribution >= 4 is 0 Å². The predicted octanol–water partition coefficient (Wildman–Crippen LogP) is 0.884. The van der Waals surface area contributed by atoms with Crippen molar-refractivity contribution in [2.45, 2.75) is 32.5 Å². The van der Waals surface area contributed by atoms with Crippen molar-refractivity contribution in [3.8, 4) is 0 Å². The van der Waals surface area contributed by atoms with Crippen LogP contribution >= 0.6 is 0 Å². The van der Waals surface area contributed by atoms with Crippen LogP contribution in [0.5, 0.6) is 0 Å². The number of morpholine rings is 1. The molecule has 18 heavy (non-hydrogen) atoms. The molecule has 1 aromatic rings. The van der Waals surface area contributed by atoms with Crippen LogP contribution in [0.2, 0.25) is 0 Å². The van der Waals surface area contributed by atoms with Crippen LogP contribution in [-0.4, -0.2) is 54.1 Å². The Kier molecular flexibility index (Phi) is 4.74. The number of rotatable bonds is 5. The molecule has 0 radical (unpaired) electrons. The van der Waals surface area contributed by atoms with Gasteiger partial charge < -0.3 is 15.0 Å². The molecule has 1 N–H and O–H groups in total. The molecule has 1 fully saturated rings. The van der Waals surface area contributed by atoms with E-state index >= 15 is 0 Å². The van der Waals surface area contributed by atoms with Gasteiger partial charge in [-0.1, -0.05) is 0 Å². The number of likely N-dealkylation sites (N-methyl/N-ethyl adjacent to an activating group) is 1. The van der Waals surface area contributed by atoms with Crippen molar-refractivity contribution in [1.29, 1.82) is 0 Å². The number of hydrogen-bond acceptors (Lipinski definition) is 4. The fourth-order valence-electron chi connectivity index (χ4n) is 2.19. The van der Waals surface area contributed by atoms with Crippen LogP contribution in [0.25, 0.3) is 0 Å². The summed E-state index contributed by atoms with van der Waals surface area (Å²) in [5.41, 5.74) is 1.24. The first-order chi connectivity index (χ1) is 8.69. The van der Waals surface area contributed by atoms with Crippen LogP contribution in [-0.2, 0) is 11.3 Å². The molecule has 5 nitrogen and oxygen atoms in total. The molecule has 0 amide bonds. The van der Waals surface area contributed by atoms with E-state index in [9.17, 15) is 0 Å². The first-order valence-corrected chi connectivity index (χ1v) is 6.75. The molecule has 1 aliphatic heterocycles. The third-order valence-corrected chi connectivity index (χ3v) is 3.47. The number of nitrogens with zero attached hydrogens (tertiary/aromatic N) is 3. The predicted molar refractivity (Wildman–Crippen MR) is 71.6 cm³/mol. The minimum atomic E-state index is 0.299. The van der Waals surface area contributed by atoms with Gasteiger partial charge in [-0.25, -0.2) is 0 Å². The van der Waals surface area contributed by atoms with Crippen LogP contribution in [0.3, 0.4) is 0 Å². The average Bonchev–Trinajstić information content (AvgIpc) is 2.85. The summed E-state index contributed by atoms with van der Waals surface area (Å²) in [6, 6.07) is 0.320. The van der Waals surface area contributed by atoms with Gasteiger partial charge in [-0.05, 0) is 20.9 Å². The van der Waals surface area contributed by atoms with Crippen molar-refractivity contribution in [3.63, 3.8) is 0 Å². The van der Waals surface area contributed by atoms with E-state index in [1.807, 2.05) is 10.9 Å². The first kappa shape index (κ1) is 13.5. The summed E-state index contributed by atoms with van der Waals surface area (Å²) in [5.74, 6) is 0. The third kappa shape index (κ3) is 3.54. The minimum Gasteiger partial charge on any atom is -0.374 e. The zero-order valence-corrected chi connectivity index (χ0v) is 11.6. The molecule has 2 atom stereocenters. The van der Waals surface area contributed by atoms with Gasteiger partial charge in [-0.15, -0.1) is 0 Å². The summed E-state index contributed by atoms with van der Waals surface area (Å²) in [6.45, 7) is 8.96. The zero-order valence-electron chi connectivity index (χ0n) is 11.6. The standard InChI is InChI=1S/C13H24N4O/c1-4-17-9-12(7-15-17)11(2)14-8-13-10-16(3)5-6-18-13/h7,9,11,13-14H,4-6,8,10H2,1-3H3. The highest BCUT2D eigenvalue weighted by Gasteiger charge is 2.18. The summed E-state index contributed by atoms with van der Waals surface area (Å²) < 4.78 is 7.69. The number of ether oxygens (including phenoxy) is 1. The van der Waals surface area contributed by atoms with E-state index in [1.54, 1.807) is 0 Å². The van der Waals surface area contributed by atoms with Crippen molar-refractivity contribution in [1.82, 2.24) is 20.0 Å². The molecular formula is C13H24N4O. The molecule has 2 rings (SSSR count). The molecule has 2 unspecified atom stereocenters. The zero-order chi connectivity index (χ0) is 13.0. The Morgan fingerprint density at radius 2 is 2.44 bits per heavy atom. The SMILES string of the molecule is CCn1cc(C(C)NCC2CN(C)CCO2)cn1. The topological polar surface area (TPSA) is 42.3 Å². The summed E-state index contributed by atoms with van der Waals surface area (Å²) in [5, 5.41) is 7.82. The lowest BCUT2D eigenvalue weighted by molar-refractivity contribution is -0.0190. The highest BCUT2D eigenvalue weighted by atomic mass is 16.5. The second kappa shape index (κ2) is 6.31. The van der Waals surface area contributed by atoms with E-state index in [2.05, 4.69) is 42.4 Å². The second-order valence-corrected chi connectivity index (χ2v) is 5.01. The first-order valence-electron chi connectivity index (χ1n) is 6.75. The van der Waals surface area contributed by atoms with E-state index in [4.69, 9.17) is 4.74 Å². The monoisotopic (exact) mass is 252 g/mol. The Morgan fingerprint density at radius 3 is 3.11 bits per heavy atom. The van der Waals surface area contributed by atoms with Gasteiger partial charge >= 0.3 is 0 Å². The molecule has 5 heteroatoms. The van der Waals surface area contributed by atoms with Gasteiger partial charge in [0.15, 0.2) is 0 Å². The van der Waals surface area contributed by atoms with Gasteiger partial charge in [0.05, 0.1) is 18.9 Å². The van der Waals surface area contributed by atoms with Gasteiger partial charge in [-0.2, -0.15) is 5.10 Å². The summed E-state index contributed by atoms with van der Waals surface area (Å²) >= 11 is 0. The molecule has 102 valence electrons. The van der Waals surface area contributed by atoms with Gasteiger partial charge in [0.2, 0.25) is 0 Å². The molecule has 2 heterocycles. The summed E-state index contributed by atoms with van der Waals surface area (Å²) in [4.78, 5) is 2.32. The number of aryl methyl sites for hydroxylation is 1. The van der Waals surface area contributed by atoms with E-state index in [1.165, 1.54) is 5.56 Å². The maximum Gasteiger partial charge on any atom is 0.0826 e. The molecule has 0 aliphatic carbocycles. The van der Waals surface area contributed by atoms with E-state index in [0.29, 0.717) is 12.1 Å². The molecule has 0 saturated carbocycles. The number of aromatic nitrogens is 2. The van der Waals surface area contributed by atoms with Crippen LogP contribution in [0.15, 0.2) is 12.4 Å². The molecule has 1 aromatic heterocycles. The lowest BCUT2D eigenvalue weighted by Gasteiger charge is -2.30. The highest BCUT2D eigenvalue weighted by Crippen LogP contribution is 2.11. The second-order valence-electron chi connectivity index (χ2n) is 5.01. The van der Waals surface area contributed by atoms with Crippen LogP contribution in [0.1, 0.15) is 25.5 Å². The van der Waals surface area contributed by atoms with E-state index < -0.39 is 0 Å². The van der Waals surface area contributed by atoms with Crippen LogP contribution in [0, 0.1) is 0 Å². The molecule has 1 saturated heterocycles. The van der Waals surface area contributed by atoms with Crippen molar-refractivity contribution in [2.24, 2.45) is 0 Å². The van der Waals surface area contributed by atoms with E-state index in [-0.39, 0.29) is 0 Å². The van der Waals surface area contributed by atoms with Gasteiger partial charge in [0.1, 0.15) is 0 Å². The Hall–Kier alpha value is -0.910. The summed E-state index contributed by atoms with van der Waals surface area (Å²) in [6.07, 6.45) is 4.34. The maximum absolute atomic E-state index is 5.74. The lowest BCUT2D eigenvalue weighted by atomic mass is 10.2. The number of hydrogen-bond donors (Lipinski definition) is 1. The molecule has 0 spiro atoms. The third-order valence-electron chi connectivity index (χ3n) is 3.47. The normalized spacial score (nSPS) is 23.2. The number of nitrogens with one attached hydrogen (secondary N) is 1. The fourth-order valence-corrected chi connectivity index (χ4v) is 2.19. The van der Waals surface area contributed by atoms with Crippen LogP contribution in [0.4, 0.5) is 0 Å². The van der Waals surface area contributed by atoms with Crippen LogP contribution < -0.4 is 5.32 Å². The quantitative estimate of drug-likeness (QED) is 0.845. The molecular weight excluding hydrogens is 228 g/mol. The lowest BCUT2D eigenvalue weighted by Crippen LogP contribution is -2.45. The fraction of sp³-hybridized carbons (Fsp3) is 0.769. The smallest absolute Gasteiger partial charge is 0.0826 e. The summed E-state index contributed by atoms with van der Waals surface area (Å²) in [7, 11) is 2.14. The molecule has 1 aliphatic rings. The maximum atomic E-state index is 5.74. The Balaban J connectivity index is 1.78. The van der Waals surface area contributed by atoms with Gasteiger partial charge in [0.25, 0.3) is 0 Å². The van der Waals surface area contributed by atoms with Crippen molar-refractivity contribution in [3.05, 3.63) is 18.0 Å². The largest absolute Gasteiger partial charge is 0.374 e. The van der Waals surface area contributed by atoms with Gasteiger partial charge in [0, 0.05) is 44.0 Å².